The van der Waals surface area contributed by atoms with Gasteiger partial charge in [-0.15, -0.1) is 0 Å². The molecule has 1 fully saturated rings. The number of aryl methyl sites for hydroxylation is 1. The number of rotatable bonds is 7. The van der Waals surface area contributed by atoms with Gasteiger partial charge in [0.2, 0.25) is 10.0 Å². The van der Waals surface area contributed by atoms with Crippen molar-refractivity contribution >= 4 is 10.0 Å². The van der Waals surface area contributed by atoms with Crippen LogP contribution in [0, 0.1) is 12.8 Å². The molecule has 0 radical (unpaired) electrons. The highest BCUT2D eigenvalue weighted by Crippen LogP contribution is 2.22. The van der Waals surface area contributed by atoms with Gasteiger partial charge in [0.1, 0.15) is 5.75 Å². The van der Waals surface area contributed by atoms with Crippen molar-refractivity contribution in [2.45, 2.75) is 26.3 Å². The predicted octanol–water partition coefficient (Wildman–Crippen LogP) is 1.90. The smallest absolute Gasteiger partial charge is 0.211 e. The van der Waals surface area contributed by atoms with Crippen molar-refractivity contribution in [3.63, 3.8) is 0 Å². The Labute approximate surface area is 154 Å². The Hall–Kier alpha value is -1.90. The average Bonchev–Trinajstić information content (AvgIpc) is 3.15. The van der Waals surface area contributed by atoms with E-state index in [1.165, 1.54) is 0 Å². The number of benzene rings is 1. The van der Waals surface area contributed by atoms with Gasteiger partial charge in [0, 0.05) is 31.0 Å². The van der Waals surface area contributed by atoms with E-state index in [0.29, 0.717) is 26.2 Å². The second kappa shape index (κ2) is 8.20. The van der Waals surface area contributed by atoms with Crippen molar-refractivity contribution in [3.05, 3.63) is 42.2 Å². The van der Waals surface area contributed by atoms with Crippen LogP contribution in [-0.2, 0) is 14.8 Å². The van der Waals surface area contributed by atoms with Gasteiger partial charge in [0.25, 0.3) is 0 Å². The van der Waals surface area contributed by atoms with Gasteiger partial charge in [-0.05, 0) is 50.1 Å². The standard InChI is InChI=1S/C18H25N3O4S/c1-3-26(22,23)20-17-7-10-24-12-15(17)13-25-16-5-6-18(14(2)11-16)21-9-4-8-19-21/h4-6,8-9,11,15,17,20H,3,7,10,12-13H2,1-2H3. The fourth-order valence-electron chi connectivity index (χ4n) is 3.02. The summed E-state index contributed by atoms with van der Waals surface area (Å²) < 4.78 is 39.8. The van der Waals surface area contributed by atoms with Crippen molar-refractivity contribution in [3.8, 4) is 11.4 Å². The molecule has 1 aliphatic heterocycles. The molecule has 0 spiro atoms. The molecule has 0 amide bonds. The van der Waals surface area contributed by atoms with Crippen LogP contribution in [0.3, 0.4) is 0 Å². The van der Waals surface area contributed by atoms with Crippen LogP contribution in [0.25, 0.3) is 5.69 Å². The quantitative estimate of drug-likeness (QED) is 0.795. The van der Waals surface area contributed by atoms with E-state index >= 15 is 0 Å². The van der Waals surface area contributed by atoms with Gasteiger partial charge in [-0.25, -0.2) is 17.8 Å². The second-order valence-electron chi connectivity index (χ2n) is 6.46. The third-order valence-corrected chi connectivity index (χ3v) is 5.99. The number of hydrogen-bond donors (Lipinski definition) is 1. The molecule has 1 aliphatic rings. The van der Waals surface area contributed by atoms with Gasteiger partial charge in [-0.1, -0.05) is 0 Å². The SMILES string of the molecule is CCS(=O)(=O)NC1CCOCC1COc1ccc(-n2cccn2)c(C)c1. The van der Waals surface area contributed by atoms with Crippen LogP contribution in [0.1, 0.15) is 18.9 Å². The van der Waals surface area contributed by atoms with Gasteiger partial charge in [0.15, 0.2) is 0 Å². The Kier molecular flexibility index (Phi) is 5.95. The molecule has 1 saturated heterocycles. The summed E-state index contributed by atoms with van der Waals surface area (Å²) in [5.74, 6) is 0.809. The maximum atomic E-state index is 11.9. The molecule has 2 unspecified atom stereocenters. The van der Waals surface area contributed by atoms with Crippen LogP contribution in [-0.4, -0.2) is 49.8 Å². The van der Waals surface area contributed by atoms with E-state index in [2.05, 4.69) is 9.82 Å². The number of sulfonamides is 1. The third-order valence-electron chi connectivity index (χ3n) is 4.57. The maximum absolute atomic E-state index is 11.9. The summed E-state index contributed by atoms with van der Waals surface area (Å²) in [6, 6.07) is 7.56. The summed E-state index contributed by atoms with van der Waals surface area (Å²) in [6.45, 7) is 5.09. The molecule has 0 saturated carbocycles. The van der Waals surface area contributed by atoms with E-state index in [-0.39, 0.29) is 17.7 Å². The highest BCUT2D eigenvalue weighted by molar-refractivity contribution is 7.89. The van der Waals surface area contributed by atoms with Crippen LogP contribution < -0.4 is 9.46 Å². The summed E-state index contributed by atoms with van der Waals surface area (Å²) in [7, 11) is -3.24. The van der Waals surface area contributed by atoms with Gasteiger partial charge in [-0.3, -0.25) is 0 Å². The molecular formula is C18H25N3O4S. The molecular weight excluding hydrogens is 354 g/mol. The third kappa shape index (κ3) is 4.63. The van der Waals surface area contributed by atoms with E-state index in [9.17, 15) is 8.42 Å². The van der Waals surface area contributed by atoms with E-state index in [1.807, 2.05) is 42.1 Å². The summed E-state index contributed by atoms with van der Waals surface area (Å²) in [5, 5.41) is 4.24. The molecule has 26 heavy (non-hydrogen) atoms. The summed E-state index contributed by atoms with van der Waals surface area (Å²) in [6.07, 6.45) is 4.29. The van der Waals surface area contributed by atoms with Gasteiger partial charge >= 0.3 is 0 Å². The highest BCUT2D eigenvalue weighted by atomic mass is 32.2. The normalized spacial score (nSPS) is 20.8. The monoisotopic (exact) mass is 379 g/mol. The Balaban J connectivity index is 1.64. The van der Waals surface area contributed by atoms with E-state index in [4.69, 9.17) is 9.47 Å². The fraction of sp³-hybridized carbons (Fsp3) is 0.500. The summed E-state index contributed by atoms with van der Waals surface area (Å²) in [5.41, 5.74) is 2.05. The minimum Gasteiger partial charge on any atom is -0.493 e. The van der Waals surface area contributed by atoms with E-state index in [1.54, 1.807) is 13.1 Å². The number of aromatic nitrogens is 2. The first-order valence-electron chi connectivity index (χ1n) is 8.79. The van der Waals surface area contributed by atoms with Crippen molar-refractivity contribution in [1.29, 1.82) is 0 Å². The lowest BCUT2D eigenvalue weighted by atomic mass is 9.98. The Morgan fingerprint density at radius 3 is 2.96 bits per heavy atom. The number of ether oxygens (including phenoxy) is 2. The highest BCUT2D eigenvalue weighted by Gasteiger charge is 2.29. The molecule has 3 rings (SSSR count). The minimum absolute atomic E-state index is 0.0174. The molecule has 2 aromatic rings. The van der Waals surface area contributed by atoms with Gasteiger partial charge in [-0.2, -0.15) is 5.10 Å². The van der Waals surface area contributed by atoms with Crippen LogP contribution in [0.2, 0.25) is 0 Å². The van der Waals surface area contributed by atoms with Crippen molar-refractivity contribution in [2.75, 3.05) is 25.6 Å². The molecule has 0 bridgehead atoms. The lowest BCUT2D eigenvalue weighted by Crippen LogP contribution is -2.47. The topological polar surface area (TPSA) is 82.5 Å². The van der Waals surface area contributed by atoms with Crippen LogP contribution in [0.5, 0.6) is 5.75 Å². The maximum Gasteiger partial charge on any atom is 0.211 e. The van der Waals surface area contributed by atoms with Crippen LogP contribution >= 0.6 is 0 Å². The first-order valence-corrected chi connectivity index (χ1v) is 10.4. The largest absolute Gasteiger partial charge is 0.493 e. The number of hydrogen-bond acceptors (Lipinski definition) is 5. The molecule has 0 aliphatic carbocycles. The molecule has 2 atom stereocenters. The summed E-state index contributed by atoms with van der Waals surface area (Å²) in [4.78, 5) is 0. The lowest BCUT2D eigenvalue weighted by Gasteiger charge is -2.31. The van der Waals surface area contributed by atoms with Crippen LogP contribution in [0.15, 0.2) is 36.7 Å². The van der Waals surface area contributed by atoms with Crippen molar-refractivity contribution in [2.24, 2.45) is 5.92 Å². The van der Waals surface area contributed by atoms with Crippen LogP contribution in [0.4, 0.5) is 0 Å². The zero-order valence-electron chi connectivity index (χ0n) is 15.1. The Bertz CT molecular complexity index is 821. The second-order valence-corrected chi connectivity index (χ2v) is 8.50. The minimum atomic E-state index is -3.24. The zero-order chi connectivity index (χ0) is 18.6. The van der Waals surface area contributed by atoms with E-state index < -0.39 is 10.0 Å². The fourth-order valence-corrected chi connectivity index (χ4v) is 3.96. The molecule has 7 nitrogen and oxygen atoms in total. The van der Waals surface area contributed by atoms with Crippen molar-refractivity contribution in [1.82, 2.24) is 14.5 Å². The van der Waals surface area contributed by atoms with Gasteiger partial charge in [0.05, 0.1) is 24.7 Å². The molecule has 1 N–H and O–H groups in total. The average molecular weight is 379 g/mol. The van der Waals surface area contributed by atoms with Crippen molar-refractivity contribution < 1.29 is 17.9 Å². The number of nitrogens with zero attached hydrogens (tertiary/aromatic N) is 2. The first kappa shape index (κ1) is 18.9. The molecule has 1 aromatic carbocycles. The summed E-state index contributed by atoms with van der Waals surface area (Å²) >= 11 is 0. The molecule has 2 heterocycles. The Morgan fingerprint density at radius 1 is 1.42 bits per heavy atom. The molecule has 8 heteroatoms. The molecule has 1 aromatic heterocycles. The lowest BCUT2D eigenvalue weighted by molar-refractivity contribution is 0.0186. The van der Waals surface area contributed by atoms with Gasteiger partial charge < -0.3 is 9.47 Å². The first-order chi connectivity index (χ1) is 12.5. The molecule has 142 valence electrons. The zero-order valence-corrected chi connectivity index (χ0v) is 15.9. The Morgan fingerprint density at radius 2 is 2.27 bits per heavy atom. The van der Waals surface area contributed by atoms with E-state index in [0.717, 1.165) is 17.0 Å². The predicted molar refractivity (Wildman–Crippen MR) is 99.1 cm³/mol. The number of nitrogens with one attached hydrogen (secondary N) is 1.